The molecule has 0 bridgehead atoms. The van der Waals surface area contributed by atoms with Gasteiger partial charge >= 0.3 is 0 Å². The summed E-state index contributed by atoms with van der Waals surface area (Å²) in [5, 5.41) is 3.52. The van der Waals surface area contributed by atoms with Gasteiger partial charge in [-0.2, -0.15) is 0 Å². The molecule has 5 heteroatoms. The maximum absolute atomic E-state index is 6.43. The summed E-state index contributed by atoms with van der Waals surface area (Å²) < 4.78 is 11.0. The summed E-state index contributed by atoms with van der Waals surface area (Å²) in [7, 11) is 3.24. The number of ether oxygens (including phenoxy) is 2. The van der Waals surface area contributed by atoms with Crippen LogP contribution in [0.2, 0.25) is 0 Å². The summed E-state index contributed by atoms with van der Waals surface area (Å²) in [5.41, 5.74) is 11.0. The molecular weight excluding hydrogens is 386 g/mol. The molecule has 0 amide bonds. The number of nitrogen functional groups attached to an aromatic ring is 1. The first-order chi connectivity index (χ1) is 15.2. The standard InChI is InChI=1S/C26H25N3O2/c1-30-23-15-9-14-21(25(23)31-2)20-16-22(27)26(28-17-20)29-24(18-10-5-3-6-11-18)19-12-7-4-8-13-19/h3-17,24H,27H2,1-2H3,(H,28,29). The molecule has 0 aliphatic carbocycles. The van der Waals surface area contributed by atoms with Crippen LogP contribution in [0, 0.1) is 0 Å². The molecule has 0 aliphatic rings. The van der Waals surface area contributed by atoms with Gasteiger partial charge in [-0.3, -0.25) is 0 Å². The predicted octanol–water partition coefficient (Wildman–Crippen LogP) is 5.55. The Hall–Kier alpha value is -3.99. The lowest BCUT2D eigenvalue weighted by molar-refractivity contribution is 0.356. The zero-order chi connectivity index (χ0) is 21.6. The molecule has 4 aromatic rings. The first kappa shape index (κ1) is 20.3. The highest BCUT2D eigenvalue weighted by Crippen LogP contribution is 2.39. The van der Waals surface area contributed by atoms with Crippen LogP contribution in [-0.2, 0) is 0 Å². The monoisotopic (exact) mass is 411 g/mol. The largest absolute Gasteiger partial charge is 0.493 e. The van der Waals surface area contributed by atoms with Crippen LogP contribution in [-0.4, -0.2) is 19.2 Å². The van der Waals surface area contributed by atoms with Crippen molar-refractivity contribution in [1.29, 1.82) is 0 Å². The molecule has 4 rings (SSSR count). The third-order valence-electron chi connectivity index (χ3n) is 5.18. The fourth-order valence-corrected chi connectivity index (χ4v) is 3.65. The van der Waals surface area contributed by atoms with E-state index in [0.29, 0.717) is 23.0 Å². The van der Waals surface area contributed by atoms with Gasteiger partial charge in [-0.15, -0.1) is 0 Å². The van der Waals surface area contributed by atoms with Gasteiger partial charge in [0.2, 0.25) is 0 Å². The van der Waals surface area contributed by atoms with Crippen molar-refractivity contribution < 1.29 is 9.47 Å². The number of benzene rings is 3. The Morgan fingerprint density at radius 2 is 1.45 bits per heavy atom. The number of nitrogens with zero attached hydrogens (tertiary/aromatic N) is 1. The van der Waals surface area contributed by atoms with Crippen LogP contribution in [0.5, 0.6) is 11.5 Å². The Labute approximate surface area is 182 Å². The van der Waals surface area contributed by atoms with Gasteiger partial charge in [-0.05, 0) is 23.3 Å². The molecule has 5 nitrogen and oxygen atoms in total. The number of hydrogen-bond donors (Lipinski definition) is 2. The third-order valence-corrected chi connectivity index (χ3v) is 5.18. The van der Waals surface area contributed by atoms with Gasteiger partial charge in [0.25, 0.3) is 0 Å². The lowest BCUT2D eigenvalue weighted by Gasteiger charge is -2.22. The quantitative estimate of drug-likeness (QED) is 0.417. The summed E-state index contributed by atoms with van der Waals surface area (Å²) in [6.45, 7) is 0. The minimum absolute atomic E-state index is 0.0746. The SMILES string of the molecule is COc1cccc(-c2cnc(NC(c3ccccc3)c3ccccc3)c(N)c2)c1OC. The van der Waals surface area contributed by atoms with Crippen molar-refractivity contribution in [2.24, 2.45) is 0 Å². The highest BCUT2D eigenvalue weighted by Gasteiger charge is 2.17. The van der Waals surface area contributed by atoms with Crippen molar-refractivity contribution in [2.75, 3.05) is 25.3 Å². The number of rotatable bonds is 7. The normalized spacial score (nSPS) is 10.7. The highest BCUT2D eigenvalue weighted by molar-refractivity contribution is 5.78. The molecule has 156 valence electrons. The average Bonchev–Trinajstić information content (AvgIpc) is 2.83. The number of hydrogen-bond acceptors (Lipinski definition) is 5. The highest BCUT2D eigenvalue weighted by atomic mass is 16.5. The number of aromatic nitrogens is 1. The Morgan fingerprint density at radius 3 is 2.00 bits per heavy atom. The molecule has 0 unspecified atom stereocenters. The Balaban J connectivity index is 1.70. The van der Waals surface area contributed by atoms with Crippen molar-refractivity contribution >= 4 is 11.5 Å². The molecule has 0 saturated carbocycles. The first-order valence-corrected chi connectivity index (χ1v) is 10.0. The van der Waals surface area contributed by atoms with Gasteiger partial charge in [0.05, 0.1) is 25.9 Å². The second-order valence-electron chi connectivity index (χ2n) is 7.10. The molecule has 0 radical (unpaired) electrons. The minimum atomic E-state index is -0.0746. The fourth-order valence-electron chi connectivity index (χ4n) is 3.65. The van der Waals surface area contributed by atoms with Crippen molar-refractivity contribution in [2.45, 2.75) is 6.04 Å². The zero-order valence-corrected chi connectivity index (χ0v) is 17.6. The molecule has 1 heterocycles. The van der Waals surface area contributed by atoms with E-state index in [9.17, 15) is 0 Å². The van der Waals surface area contributed by atoms with E-state index >= 15 is 0 Å². The second kappa shape index (κ2) is 9.22. The summed E-state index contributed by atoms with van der Waals surface area (Å²) in [4.78, 5) is 4.64. The smallest absolute Gasteiger partial charge is 0.168 e. The summed E-state index contributed by atoms with van der Waals surface area (Å²) in [6, 6.07) is 28.1. The van der Waals surface area contributed by atoms with Gasteiger partial charge in [-0.1, -0.05) is 72.8 Å². The van der Waals surface area contributed by atoms with E-state index in [-0.39, 0.29) is 6.04 Å². The minimum Gasteiger partial charge on any atom is -0.493 e. The number of nitrogens with one attached hydrogen (secondary N) is 1. The number of para-hydroxylation sites is 1. The first-order valence-electron chi connectivity index (χ1n) is 10.0. The lowest BCUT2D eigenvalue weighted by atomic mass is 9.98. The van der Waals surface area contributed by atoms with E-state index in [4.69, 9.17) is 15.2 Å². The fraction of sp³-hybridized carbons (Fsp3) is 0.115. The molecule has 0 fully saturated rings. The second-order valence-corrected chi connectivity index (χ2v) is 7.10. The molecule has 0 atom stereocenters. The van der Waals surface area contributed by atoms with Gasteiger partial charge in [0.1, 0.15) is 5.82 Å². The Bertz CT molecular complexity index is 1110. The number of anilines is 2. The summed E-state index contributed by atoms with van der Waals surface area (Å²) in [6.07, 6.45) is 1.79. The molecule has 0 aliphatic heterocycles. The van der Waals surface area contributed by atoms with Gasteiger partial charge in [-0.25, -0.2) is 4.98 Å². The predicted molar refractivity (Wildman–Crippen MR) is 126 cm³/mol. The number of pyridine rings is 1. The molecule has 0 saturated heterocycles. The molecular formula is C26H25N3O2. The molecule has 3 N–H and O–H groups in total. The van der Waals surface area contributed by atoms with Crippen LogP contribution in [0.25, 0.3) is 11.1 Å². The lowest BCUT2D eigenvalue weighted by Crippen LogP contribution is -2.14. The third kappa shape index (κ3) is 4.31. The van der Waals surface area contributed by atoms with Crippen molar-refractivity contribution in [3.63, 3.8) is 0 Å². The Morgan fingerprint density at radius 1 is 0.806 bits per heavy atom. The zero-order valence-electron chi connectivity index (χ0n) is 17.6. The maximum Gasteiger partial charge on any atom is 0.168 e. The summed E-state index contributed by atoms with van der Waals surface area (Å²) >= 11 is 0. The summed E-state index contributed by atoms with van der Waals surface area (Å²) in [5.74, 6) is 1.94. The van der Waals surface area contributed by atoms with Crippen molar-refractivity contribution in [3.05, 3.63) is 102 Å². The van der Waals surface area contributed by atoms with Gasteiger partial charge < -0.3 is 20.5 Å². The molecule has 31 heavy (non-hydrogen) atoms. The van der Waals surface area contributed by atoms with E-state index in [2.05, 4.69) is 34.6 Å². The van der Waals surface area contributed by atoms with Crippen LogP contribution >= 0.6 is 0 Å². The molecule has 1 aromatic heterocycles. The van der Waals surface area contributed by atoms with Gasteiger partial charge in [0, 0.05) is 17.3 Å². The number of nitrogens with two attached hydrogens (primary N) is 1. The van der Waals surface area contributed by atoms with E-state index in [1.54, 1.807) is 20.4 Å². The number of methoxy groups -OCH3 is 2. The molecule has 0 spiro atoms. The van der Waals surface area contributed by atoms with Crippen LogP contribution < -0.4 is 20.5 Å². The molecule has 3 aromatic carbocycles. The topological polar surface area (TPSA) is 69.4 Å². The Kier molecular flexibility index (Phi) is 6.03. The van der Waals surface area contributed by atoms with E-state index in [1.165, 1.54) is 0 Å². The maximum atomic E-state index is 6.43. The van der Waals surface area contributed by atoms with Crippen LogP contribution in [0.3, 0.4) is 0 Å². The van der Waals surface area contributed by atoms with Gasteiger partial charge in [0.15, 0.2) is 11.5 Å². The van der Waals surface area contributed by atoms with Crippen LogP contribution in [0.15, 0.2) is 91.1 Å². The van der Waals surface area contributed by atoms with Crippen LogP contribution in [0.4, 0.5) is 11.5 Å². The average molecular weight is 412 g/mol. The van der Waals surface area contributed by atoms with E-state index < -0.39 is 0 Å². The van der Waals surface area contributed by atoms with E-state index in [0.717, 1.165) is 22.3 Å². The van der Waals surface area contributed by atoms with Crippen molar-refractivity contribution in [3.8, 4) is 22.6 Å². The van der Waals surface area contributed by atoms with Crippen LogP contribution in [0.1, 0.15) is 17.2 Å². The van der Waals surface area contributed by atoms with Crippen molar-refractivity contribution in [1.82, 2.24) is 4.98 Å². The van der Waals surface area contributed by atoms with E-state index in [1.807, 2.05) is 60.7 Å².